The molecule has 0 bridgehead atoms. The van der Waals surface area contributed by atoms with Gasteiger partial charge in [-0.25, -0.2) is 4.98 Å². The van der Waals surface area contributed by atoms with Gasteiger partial charge in [-0.05, 0) is 17.7 Å². The lowest BCUT2D eigenvalue weighted by molar-refractivity contribution is 0.0942. The third kappa shape index (κ3) is 3.53. The molecular formula is C14H12ClN3OS. The zero-order valence-corrected chi connectivity index (χ0v) is 12.0. The molecule has 6 heteroatoms. The summed E-state index contributed by atoms with van der Waals surface area (Å²) in [4.78, 5) is 16.3. The molecule has 1 aromatic heterocycles. The van der Waals surface area contributed by atoms with E-state index in [1.165, 1.54) is 6.20 Å². The van der Waals surface area contributed by atoms with Crippen molar-refractivity contribution in [2.45, 2.75) is 6.04 Å². The monoisotopic (exact) mass is 305 g/mol. The Hall–Kier alpha value is -1.98. The maximum Gasteiger partial charge on any atom is 0.270 e. The molecule has 0 aliphatic rings. The van der Waals surface area contributed by atoms with Gasteiger partial charge in [-0.1, -0.05) is 54.2 Å². The maximum atomic E-state index is 12.1. The van der Waals surface area contributed by atoms with Gasteiger partial charge in [0, 0.05) is 6.20 Å². The molecule has 1 amide bonds. The number of aromatic nitrogens is 1. The van der Waals surface area contributed by atoms with Gasteiger partial charge in [0.15, 0.2) is 0 Å². The van der Waals surface area contributed by atoms with Gasteiger partial charge in [-0.3, -0.25) is 4.79 Å². The summed E-state index contributed by atoms with van der Waals surface area (Å²) < 4.78 is 0. The molecule has 0 fully saturated rings. The molecule has 1 atom stereocenters. The molecule has 0 saturated carbocycles. The average molecular weight is 306 g/mol. The molecule has 1 unspecified atom stereocenters. The zero-order chi connectivity index (χ0) is 14.5. The summed E-state index contributed by atoms with van der Waals surface area (Å²) in [5.41, 5.74) is 6.77. The second kappa shape index (κ2) is 6.45. The van der Waals surface area contributed by atoms with E-state index in [-0.39, 0.29) is 16.6 Å². The fourth-order valence-electron chi connectivity index (χ4n) is 1.68. The van der Waals surface area contributed by atoms with E-state index >= 15 is 0 Å². The van der Waals surface area contributed by atoms with E-state index in [0.717, 1.165) is 5.56 Å². The van der Waals surface area contributed by atoms with Crippen molar-refractivity contribution in [1.82, 2.24) is 10.3 Å². The molecule has 4 nitrogen and oxygen atoms in total. The predicted octanol–water partition coefficient (Wildman–Crippen LogP) is 2.49. The number of nitrogens with zero attached hydrogens (tertiary/aromatic N) is 1. The van der Waals surface area contributed by atoms with Crippen molar-refractivity contribution in [2.24, 2.45) is 5.73 Å². The molecular weight excluding hydrogens is 294 g/mol. The van der Waals surface area contributed by atoms with Crippen LogP contribution in [-0.4, -0.2) is 15.9 Å². The normalized spacial score (nSPS) is 11.7. The van der Waals surface area contributed by atoms with Gasteiger partial charge >= 0.3 is 0 Å². The first-order valence-corrected chi connectivity index (χ1v) is 6.63. The van der Waals surface area contributed by atoms with Crippen LogP contribution in [0.5, 0.6) is 0 Å². The van der Waals surface area contributed by atoms with E-state index in [1.807, 2.05) is 30.3 Å². The average Bonchev–Trinajstić information content (AvgIpc) is 2.46. The number of rotatable bonds is 4. The maximum absolute atomic E-state index is 12.1. The van der Waals surface area contributed by atoms with Crippen molar-refractivity contribution >= 4 is 34.7 Å². The van der Waals surface area contributed by atoms with Crippen molar-refractivity contribution in [2.75, 3.05) is 0 Å². The zero-order valence-electron chi connectivity index (χ0n) is 10.4. The molecule has 0 aliphatic heterocycles. The van der Waals surface area contributed by atoms with Crippen molar-refractivity contribution in [3.63, 3.8) is 0 Å². The Bertz CT molecular complexity index is 616. The van der Waals surface area contributed by atoms with Crippen LogP contribution in [0.25, 0.3) is 0 Å². The van der Waals surface area contributed by atoms with E-state index in [1.54, 1.807) is 12.1 Å². The first-order valence-electron chi connectivity index (χ1n) is 5.84. The van der Waals surface area contributed by atoms with Gasteiger partial charge in [-0.2, -0.15) is 0 Å². The number of halogens is 1. The van der Waals surface area contributed by atoms with E-state index in [4.69, 9.17) is 29.6 Å². The van der Waals surface area contributed by atoms with Crippen LogP contribution in [0.1, 0.15) is 22.1 Å². The standard InChI is InChI=1S/C14H12ClN3OS/c15-10-6-7-11(17-8-10)14(19)18-12(13(16)20)9-4-2-1-3-5-9/h1-8,12H,(H2,16,20)(H,18,19). The highest BCUT2D eigenvalue weighted by Crippen LogP contribution is 2.14. The molecule has 0 spiro atoms. The Morgan fingerprint density at radius 1 is 1.25 bits per heavy atom. The van der Waals surface area contributed by atoms with Crippen LogP contribution in [0.15, 0.2) is 48.7 Å². The number of benzene rings is 1. The molecule has 0 radical (unpaired) electrons. The molecule has 1 aromatic carbocycles. The van der Waals surface area contributed by atoms with Gasteiger partial charge in [0.25, 0.3) is 5.91 Å². The fourth-order valence-corrected chi connectivity index (χ4v) is 1.99. The number of amides is 1. The Morgan fingerprint density at radius 2 is 1.95 bits per heavy atom. The minimum Gasteiger partial charge on any atom is -0.391 e. The lowest BCUT2D eigenvalue weighted by atomic mass is 10.1. The van der Waals surface area contributed by atoms with Crippen molar-refractivity contribution in [3.8, 4) is 0 Å². The lowest BCUT2D eigenvalue weighted by Crippen LogP contribution is -2.36. The quantitative estimate of drug-likeness (QED) is 0.852. The number of pyridine rings is 1. The van der Waals surface area contributed by atoms with Crippen molar-refractivity contribution < 1.29 is 4.79 Å². The minimum absolute atomic E-state index is 0.193. The summed E-state index contributed by atoms with van der Waals surface area (Å²) in [6.07, 6.45) is 1.41. The highest BCUT2D eigenvalue weighted by Gasteiger charge is 2.18. The van der Waals surface area contributed by atoms with Crippen molar-refractivity contribution in [3.05, 3.63) is 64.9 Å². The van der Waals surface area contributed by atoms with E-state index < -0.39 is 6.04 Å². The minimum atomic E-state index is -0.531. The summed E-state index contributed by atoms with van der Waals surface area (Å²) in [5.74, 6) is -0.358. The number of hydrogen-bond donors (Lipinski definition) is 2. The smallest absolute Gasteiger partial charge is 0.270 e. The summed E-state index contributed by atoms with van der Waals surface area (Å²) in [7, 11) is 0. The van der Waals surface area contributed by atoms with Crippen LogP contribution in [0.4, 0.5) is 0 Å². The van der Waals surface area contributed by atoms with Gasteiger partial charge in [0.2, 0.25) is 0 Å². The van der Waals surface area contributed by atoms with Crippen LogP contribution in [0.2, 0.25) is 5.02 Å². The molecule has 0 aliphatic carbocycles. The number of hydrogen-bond acceptors (Lipinski definition) is 3. The second-order valence-corrected chi connectivity index (χ2v) is 4.99. The van der Waals surface area contributed by atoms with E-state index in [9.17, 15) is 4.79 Å². The molecule has 3 N–H and O–H groups in total. The van der Waals surface area contributed by atoms with E-state index in [0.29, 0.717) is 5.02 Å². The third-order valence-electron chi connectivity index (χ3n) is 2.65. The molecule has 2 rings (SSSR count). The summed E-state index contributed by atoms with van der Waals surface area (Å²) in [6.45, 7) is 0. The second-order valence-electron chi connectivity index (χ2n) is 4.08. The Morgan fingerprint density at radius 3 is 2.50 bits per heavy atom. The molecule has 0 saturated heterocycles. The third-order valence-corrected chi connectivity index (χ3v) is 3.11. The molecule has 1 heterocycles. The molecule has 20 heavy (non-hydrogen) atoms. The highest BCUT2D eigenvalue weighted by atomic mass is 35.5. The number of carbonyl (C=O) groups is 1. The lowest BCUT2D eigenvalue weighted by Gasteiger charge is -2.17. The van der Waals surface area contributed by atoms with Crippen molar-refractivity contribution in [1.29, 1.82) is 0 Å². The topological polar surface area (TPSA) is 68.0 Å². The van der Waals surface area contributed by atoms with Crippen LogP contribution < -0.4 is 11.1 Å². The number of nitrogens with two attached hydrogens (primary N) is 1. The number of nitrogens with one attached hydrogen (secondary N) is 1. The summed E-state index contributed by atoms with van der Waals surface area (Å²) in [6, 6.07) is 11.9. The van der Waals surface area contributed by atoms with E-state index in [2.05, 4.69) is 10.3 Å². The molecule has 102 valence electrons. The van der Waals surface area contributed by atoms with Crippen LogP contribution >= 0.6 is 23.8 Å². The number of thiocarbonyl (C=S) groups is 1. The van der Waals surface area contributed by atoms with Gasteiger partial charge in [0.1, 0.15) is 16.7 Å². The van der Waals surface area contributed by atoms with Crippen LogP contribution in [0, 0.1) is 0 Å². The number of carbonyl (C=O) groups excluding carboxylic acids is 1. The Labute approximate surface area is 127 Å². The van der Waals surface area contributed by atoms with Gasteiger partial charge < -0.3 is 11.1 Å². The van der Waals surface area contributed by atoms with Gasteiger partial charge in [-0.15, -0.1) is 0 Å². The van der Waals surface area contributed by atoms with Crippen LogP contribution in [0.3, 0.4) is 0 Å². The first-order chi connectivity index (χ1) is 9.58. The Balaban J connectivity index is 2.19. The molecule has 2 aromatic rings. The highest BCUT2D eigenvalue weighted by molar-refractivity contribution is 7.80. The fraction of sp³-hybridized carbons (Fsp3) is 0.0714. The van der Waals surface area contributed by atoms with Crippen LogP contribution in [-0.2, 0) is 0 Å². The van der Waals surface area contributed by atoms with Gasteiger partial charge in [0.05, 0.1) is 5.02 Å². The summed E-state index contributed by atoms with van der Waals surface area (Å²) in [5, 5.41) is 3.23. The first kappa shape index (κ1) is 14.4. The Kier molecular flexibility index (Phi) is 4.65. The SMILES string of the molecule is NC(=S)C(NC(=O)c1ccc(Cl)cn1)c1ccccc1. The summed E-state index contributed by atoms with van der Waals surface area (Å²) >= 11 is 10.7. The predicted molar refractivity (Wildman–Crippen MR) is 82.7 cm³/mol. The largest absolute Gasteiger partial charge is 0.391 e.